The lowest BCUT2D eigenvalue weighted by Gasteiger charge is -2.18. The average molecular weight is 228 g/mol. The second-order valence-corrected chi connectivity index (χ2v) is 3.65. The Morgan fingerprint density at radius 3 is 2.62 bits per heavy atom. The van der Waals surface area contributed by atoms with Gasteiger partial charge in [0.05, 0.1) is 19.3 Å². The summed E-state index contributed by atoms with van der Waals surface area (Å²) in [5.41, 5.74) is 0.427. The minimum absolute atomic E-state index is 0.190. The van der Waals surface area contributed by atoms with Gasteiger partial charge in [-0.1, -0.05) is 12.1 Å². The SMILES string of the molecule is COc1cccc(CC(O)C(C)OC)c1F. The van der Waals surface area contributed by atoms with Crippen molar-refractivity contribution in [2.45, 2.75) is 25.6 Å². The van der Waals surface area contributed by atoms with Gasteiger partial charge in [0.1, 0.15) is 0 Å². The average Bonchev–Trinajstić information content (AvgIpc) is 2.30. The van der Waals surface area contributed by atoms with Gasteiger partial charge in [0.2, 0.25) is 0 Å². The number of rotatable bonds is 5. The molecule has 0 aliphatic rings. The van der Waals surface area contributed by atoms with E-state index in [2.05, 4.69) is 0 Å². The fourth-order valence-corrected chi connectivity index (χ4v) is 1.42. The molecule has 2 atom stereocenters. The van der Waals surface area contributed by atoms with Crippen LogP contribution in [0, 0.1) is 5.82 Å². The minimum Gasteiger partial charge on any atom is -0.494 e. The topological polar surface area (TPSA) is 38.7 Å². The zero-order chi connectivity index (χ0) is 12.1. The molecule has 1 rings (SSSR count). The number of hydrogen-bond donors (Lipinski definition) is 1. The summed E-state index contributed by atoms with van der Waals surface area (Å²) >= 11 is 0. The molecule has 16 heavy (non-hydrogen) atoms. The van der Waals surface area contributed by atoms with Crippen molar-refractivity contribution in [1.82, 2.24) is 0 Å². The highest BCUT2D eigenvalue weighted by Gasteiger charge is 2.17. The summed E-state index contributed by atoms with van der Waals surface area (Å²) in [6.45, 7) is 1.74. The van der Waals surface area contributed by atoms with E-state index in [0.29, 0.717) is 5.56 Å². The molecular formula is C12H17FO3. The highest BCUT2D eigenvalue weighted by Crippen LogP contribution is 2.21. The maximum absolute atomic E-state index is 13.7. The molecule has 0 fully saturated rings. The van der Waals surface area contributed by atoms with Crippen LogP contribution in [0.15, 0.2) is 18.2 Å². The number of hydrogen-bond acceptors (Lipinski definition) is 3. The van der Waals surface area contributed by atoms with Crippen LogP contribution in [0.3, 0.4) is 0 Å². The predicted octanol–water partition coefficient (Wildman–Crippen LogP) is 1.77. The van der Waals surface area contributed by atoms with E-state index in [1.165, 1.54) is 14.2 Å². The van der Waals surface area contributed by atoms with Gasteiger partial charge in [-0.25, -0.2) is 4.39 Å². The lowest BCUT2D eigenvalue weighted by molar-refractivity contribution is 0.00000729. The van der Waals surface area contributed by atoms with E-state index in [-0.39, 0.29) is 18.3 Å². The van der Waals surface area contributed by atoms with Crippen molar-refractivity contribution in [2.24, 2.45) is 0 Å². The van der Waals surface area contributed by atoms with Gasteiger partial charge in [-0.3, -0.25) is 0 Å². The Kier molecular flexibility index (Phi) is 4.71. The summed E-state index contributed by atoms with van der Waals surface area (Å²) in [5.74, 6) is -0.234. The number of ether oxygens (including phenoxy) is 2. The third kappa shape index (κ3) is 2.93. The van der Waals surface area contributed by atoms with E-state index in [4.69, 9.17) is 9.47 Å². The Hall–Kier alpha value is -1.13. The van der Waals surface area contributed by atoms with Crippen molar-refractivity contribution in [2.75, 3.05) is 14.2 Å². The van der Waals surface area contributed by atoms with Gasteiger partial charge in [0, 0.05) is 13.5 Å². The van der Waals surface area contributed by atoms with Crippen molar-refractivity contribution >= 4 is 0 Å². The van der Waals surface area contributed by atoms with Crippen LogP contribution in [0.4, 0.5) is 4.39 Å². The van der Waals surface area contributed by atoms with Crippen LogP contribution >= 0.6 is 0 Å². The molecule has 0 radical (unpaired) electrons. The fraction of sp³-hybridized carbons (Fsp3) is 0.500. The molecule has 0 saturated carbocycles. The quantitative estimate of drug-likeness (QED) is 0.834. The van der Waals surface area contributed by atoms with E-state index < -0.39 is 11.9 Å². The summed E-state index contributed by atoms with van der Waals surface area (Å²) in [5, 5.41) is 9.73. The highest BCUT2D eigenvalue weighted by molar-refractivity contribution is 5.31. The maximum Gasteiger partial charge on any atom is 0.168 e. The van der Waals surface area contributed by atoms with Crippen molar-refractivity contribution in [1.29, 1.82) is 0 Å². The number of methoxy groups -OCH3 is 2. The molecule has 0 saturated heterocycles. The Balaban J connectivity index is 2.81. The smallest absolute Gasteiger partial charge is 0.168 e. The Morgan fingerprint density at radius 2 is 2.06 bits per heavy atom. The van der Waals surface area contributed by atoms with Crippen LogP contribution in [0.2, 0.25) is 0 Å². The second-order valence-electron chi connectivity index (χ2n) is 3.65. The Bertz CT molecular complexity index is 341. The third-order valence-electron chi connectivity index (χ3n) is 2.61. The van der Waals surface area contributed by atoms with Crippen LogP contribution in [0.5, 0.6) is 5.75 Å². The van der Waals surface area contributed by atoms with Gasteiger partial charge in [-0.15, -0.1) is 0 Å². The number of halogens is 1. The Labute approximate surface area is 94.8 Å². The molecule has 0 aliphatic carbocycles. The van der Waals surface area contributed by atoms with Crippen molar-refractivity contribution in [3.05, 3.63) is 29.6 Å². The largest absolute Gasteiger partial charge is 0.494 e. The van der Waals surface area contributed by atoms with Crippen LogP contribution in [-0.4, -0.2) is 31.5 Å². The molecule has 90 valence electrons. The lowest BCUT2D eigenvalue weighted by atomic mass is 10.0. The van der Waals surface area contributed by atoms with Gasteiger partial charge in [0.15, 0.2) is 11.6 Å². The standard InChI is InChI=1S/C12H17FO3/c1-8(15-2)10(14)7-9-5-4-6-11(16-3)12(9)13/h4-6,8,10,14H,7H2,1-3H3. The van der Waals surface area contributed by atoms with E-state index >= 15 is 0 Å². The van der Waals surface area contributed by atoms with E-state index in [1.54, 1.807) is 25.1 Å². The molecule has 0 amide bonds. The van der Waals surface area contributed by atoms with Gasteiger partial charge in [-0.05, 0) is 18.6 Å². The van der Waals surface area contributed by atoms with Gasteiger partial charge >= 0.3 is 0 Å². The van der Waals surface area contributed by atoms with E-state index in [1.807, 2.05) is 0 Å². The first-order chi connectivity index (χ1) is 7.60. The van der Waals surface area contributed by atoms with Gasteiger partial charge < -0.3 is 14.6 Å². The maximum atomic E-state index is 13.7. The third-order valence-corrected chi connectivity index (χ3v) is 2.61. The van der Waals surface area contributed by atoms with Crippen LogP contribution in [-0.2, 0) is 11.2 Å². The van der Waals surface area contributed by atoms with Crippen molar-refractivity contribution < 1.29 is 19.0 Å². The molecular weight excluding hydrogens is 211 g/mol. The molecule has 2 unspecified atom stereocenters. The highest BCUT2D eigenvalue weighted by atomic mass is 19.1. The van der Waals surface area contributed by atoms with E-state index in [0.717, 1.165) is 0 Å². The number of aliphatic hydroxyl groups excluding tert-OH is 1. The molecule has 1 aromatic rings. The molecule has 0 aromatic heterocycles. The van der Waals surface area contributed by atoms with Gasteiger partial charge in [-0.2, -0.15) is 0 Å². The first-order valence-electron chi connectivity index (χ1n) is 5.12. The van der Waals surface area contributed by atoms with Crippen LogP contribution in [0.1, 0.15) is 12.5 Å². The zero-order valence-electron chi connectivity index (χ0n) is 9.74. The number of benzene rings is 1. The molecule has 3 nitrogen and oxygen atoms in total. The van der Waals surface area contributed by atoms with E-state index in [9.17, 15) is 9.50 Å². The van der Waals surface area contributed by atoms with Crippen molar-refractivity contribution in [3.8, 4) is 5.75 Å². The normalized spacial score (nSPS) is 14.6. The molecule has 0 spiro atoms. The van der Waals surface area contributed by atoms with Crippen molar-refractivity contribution in [3.63, 3.8) is 0 Å². The monoisotopic (exact) mass is 228 g/mol. The number of aliphatic hydroxyl groups is 1. The van der Waals surface area contributed by atoms with Gasteiger partial charge in [0.25, 0.3) is 0 Å². The first kappa shape index (κ1) is 12.9. The molecule has 0 heterocycles. The lowest BCUT2D eigenvalue weighted by Crippen LogP contribution is -2.27. The molecule has 0 aliphatic heterocycles. The molecule has 0 bridgehead atoms. The van der Waals surface area contributed by atoms with Crippen LogP contribution < -0.4 is 4.74 Å². The summed E-state index contributed by atoms with van der Waals surface area (Å²) in [6, 6.07) is 4.87. The van der Waals surface area contributed by atoms with Crippen LogP contribution in [0.25, 0.3) is 0 Å². The first-order valence-corrected chi connectivity index (χ1v) is 5.12. The summed E-state index contributed by atoms with van der Waals surface area (Å²) in [7, 11) is 2.92. The summed E-state index contributed by atoms with van der Waals surface area (Å²) in [6.07, 6.45) is -0.852. The zero-order valence-corrected chi connectivity index (χ0v) is 9.74. The molecule has 4 heteroatoms. The summed E-state index contributed by atoms with van der Waals surface area (Å²) < 4.78 is 23.6. The minimum atomic E-state index is -0.730. The summed E-state index contributed by atoms with van der Waals surface area (Å²) in [4.78, 5) is 0. The fourth-order valence-electron chi connectivity index (χ4n) is 1.42. The Morgan fingerprint density at radius 1 is 1.38 bits per heavy atom. The molecule has 1 aromatic carbocycles. The molecule has 1 N–H and O–H groups in total. The predicted molar refractivity (Wildman–Crippen MR) is 59.1 cm³/mol. The second kappa shape index (κ2) is 5.82.